The predicted molar refractivity (Wildman–Crippen MR) is 76.1 cm³/mol. The van der Waals surface area contributed by atoms with Gasteiger partial charge in [0.05, 0.1) is 12.1 Å². The van der Waals surface area contributed by atoms with Crippen molar-refractivity contribution in [3.05, 3.63) is 41.4 Å². The SMILES string of the molecule is CN(CCC(=O)O)Cc1csc(-c2ccccc2)n1. The molecule has 1 aromatic heterocycles. The molecule has 4 nitrogen and oxygen atoms in total. The summed E-state index contributed by atoms with van der Waals surface area (Å²) in [5.74, 6) is -0.768. The Morgan fingerprint density at radius 2 is 2.11 bits per heavy atom. The van der Waals surface area contributed by atoms with Crippen molar-refractivity contribution < 1.29 is 9.90 Å². The van der Waals surface area contributed by atoms with Gasteiger partial charge < -0.3 is 5.11 Å². The number of rotatable bonds is 6. The average Bonchev–Trinajstić information content (AvgIpc) is 2.86. The number of benzene rings is 1. The molecule has 0 spiro atoms. The molecule has 1 heterocycles. The minimum Gasteiger partial charge on any atom is -0.481 e. The molecule has 0 saturated heterocycles. The Hall–Kier alpha value is -1.72. The van der Waals surface area contributed by atoms with E-state index in [4.69, 9.17) is 5.11 Å². The third-order valence-corrected chi connectivity index (χ3v) is 3.65. The van der Waals surface area contributed by atoms with Gasteiger partial charge in [0.1, 0.15) is 5.01 Å². The summed E-state index contributed by atoms with van der Waals surface area (Å²) in [7, 11) is 1.91. The molecule has 0 amide bonds. The molecule has 1 aromatic carbocycles. The lowest BCUT2D eigenvalue weighted by molar-refractivity contribution is -0.137. The molecular weight excluding hydrogens is 260 g/mol. The number of hydrogen-bond donors (Lipinski definition) is 1. The zero-order chi connectivity index (χ0) is 13.7. The van der Waals surface area contributed by atoms with Crippen LogP contribution in [0.3, 0.4) is 0 Å². The molecule has 2 aromatic rings. The zero-order valence-electron chi connectivity index (χ0n) is 10.7. The highest BCUT2D eigenvalue weighted by Crippen LogP contribution is 2.23. The molecule has 1 N–H and O–H groups in total. The number of carbonyl (C=O) groups is 1. The Bertz CT molecular complexity index is 539. The van der Waals surface area contributed by atoms with Gasteiger partial charge in [0.2, 0.25) is 0 Å². The van der Waals surface area contributed by atoms with E-state index in [1.54, 1.807) is 11.3 Å². The van der Waals surface area contributed by atoms with Crippen LogP contribution in [0, 0.1) is 0 Å². The first-order valence-electron chi connectivity index (χ1n) is 6.05. The Morgan fingerprint density at radius 3 is 2.79 bits per heavy atom. The van der Waals surface area contributed by atoms with Crippen LogP contribution < -0.4 is 0 Å². The van der Waals surface area contributed by atoms with Gasteiger partial charge in [0.25, 0.3) is 0 Å². The summed E-state index contributed by atoms with van der Waals surface area (Å²) in [4.78, 5) is 17.1. The van der Waals surface area contributed by atoms with Crippen molar-refractivity contribution in [2.75, 3.05) is 13.6 Å². The van der Waals surface area contributed by atoms with Crippen LogP contribution in [0.15, 0.2) is 35.7 Å². The molecule has 0 saturated carbocycles. The highest BCUT2D eigenvalue weighted by atomic mass is 32.1. The van der Waals surface area contributed by atoms with E-state index in [2.05, 4.69) is 4.98 Å². The van der Waals surface area contributed by atoms with E-state index in [9.17, 15) is 4.79 Å². The molecular formula is C14H16N2O2S. The van der Waals surface area contributed by atoms with Crippen LogP contribution in [0.25, 0.3) is 10.6 Å². The van der Waals surface area contributed by atoms with Crippen LogP contribution in [0.2, 0.25) is 0 Å². The lowest BCUT2D eigenvalue weighted by Crippen LogP contribution is -2.21. The molecule has 100 valence electrons. The normalized spacial score (nSPS) is 10.8. The fraction of sp³-hybridized carbons (Fsp3) is 0.286. The van der Waals surface area contributed by atoms with Crippen molar-refractivity contribution in [1.29, 1.82) is 0 Å². The molecule has 0 bridgehead atoms. The molecule has 0 unspecified atom stereocenters. The monoisotopic (exact) mass is 276 g/mol. The molecule has 0 radical (unpaired) electrons. The summed E-state index contributed by atoms with van der Waals surface area (Å²) in [6.07, 6.45) is 0.159. The Labute approximate surface area is 116 Å². The quantitative estimate of drug-likeness (QED) is 0.881. The van der Waals surface area contributed by atoms with Crippen molar-refractivity contribution in [3.63, 3.8) is 0 Å². The van der Waals surface area contributed by atoms with E-state index in [-0.39, 0.29) is 6.42 Å². The average molecular weight is 276 g/mol. The fourth-order valence-corrected chi connectivity index (χ4v) is 2.55. The highest BCUT2D eigenvalue weighted by Gasteiger charge is 2.08. The second-order valence-electron chi connectivity index (χ2n) is 4.39. The summed E-state index contributed by atoms with van der Waals surface area (Å²) in [6.45, 7) is 1.21. The van der Waals surface area contributed by atoms with E-state index < -0.39 is 5.97 Å². The van der Waals surface area contributed by atoms with Crippen molar-refractivity contribution in [2.24, 2.45) is 0 Å². The highest BCUT2D eigenvalue weighted by molar-refractivity contribution is 7.13. The van der Waals surface area contributed by atoms with Gasteiger partial charge in [-0.3, -0.25) is 9.69 Å². The largest absolute Gasteiger partial charge is 0.481 e. The lowest BCUT2D eigenvalue weighted by Gasteiger charge is -2.13. The maximum absolute atomic E-state index is 10.5. The van der Waals surface area contributed by atoms with Crippen LogP contribution >= 0.6 is 11.3 Å². The predicted octanol–water partition coefficient (Wildman–Crippen LogP) is 2.72. The minimum atomic E-state index is -0.768. The van der Waals surface area contributed by atoms with Gasteiger partial charge in [-0.1, -0.05) is 30.3 Å². The summed E-state index contributed by atoms with van der Waals surface area (Å²) in [6, 6.07) is 10.1. The Kier molecular flexibility index (Phi) is 4.65. The van der Waals surface area contributed by atoms with Crippen LogP contribution in [0.4, 0.5) is 0 Å². The maximum atomic E-state index is 10.5. The van der Waals surface area contributed by atoms with Gasteiger partial charge in [-0.05, 0) is 7.05 Å². The van der Waals surface area contributed by atoms with Crippen molar-refractivity contribution in [3.8, 4) is 10.6 Å². The van der Waals surface area contributed by atoms with Gasteiger partial charge >= 0.3 is 5.97 Å². The first kappa shape index (κ1) is 13.7. The third-order valence-electron chi connectivity index (χ3n) is 2.71. The van der Waals surface area contributed by atoms with Gasteiger partial charge in [-0.15, -0.1) is 11.3 Å². The maximum Gasteiger partial charge on any atom is 0.304 e. The number of carboxylic acid groups (broad SMARTS) is 1. The number of aliphatic carboxylic acids is 1. The second-order valence-corrected chi connectivity index (χ2v) is 5.25. The third kappa shape index (κ3) is 4.15. The van der Waals surface area contributed by atoms with Crippen molar-refractivity contribution >= 4 is 17.3 Å². The molecule has 5 heteroatoms. The molecule has 0 aliphatic heterocycles. The molecule has 2 rings (SSSR count). The smallest absolute Gasteiger partial charge is 0.304 e. The molecule has 0 atom stereocenters. The van der Waals surface area contributed by atoms with E-state index in [0.29, 0.717) is 13.1 Å². The fourth-order valence-electron chi connectivity index (χ4n) is 1.74. The first-order chi connectivity index (χ1) is 9.15. The second kappa shape index (κ2) is 6.45. The number of carboxylic acids is 1. The van der Waals surface area contributed by atoms with Crippen LogP contribution in [0.1, 0.15) is 12.1 Å². The zero-order valence-corrected chi connectivity index (χ0v) is 11.6. The summed E-state index contributed by atoms with van der Waals surface area (Å²) in [5, 5.41) is 11.7. The first-order valence-corrected chi connectivity index (χ1v) is 6.93. The number of aromatic nitrogens is 1. The van der Waals surface area contributed by atoms with Gasteiger partial charge in [-0.2, -0.15) is 0 Å². The number of thiazole rings is 1. The summed E-state index contributed by atoms with van der Waals surface area (Å²) in [5.41, 5.74) is 2.10. The molecule has 0 aliphatic rings. The van der Waals surface area contributed by atoms with Crippen LogP contribution in [0.5, 0.6) is 0 Å². The standard InChI is InChI=1S/C14H16N2O2S/c1-16(8-7-13(17)18)9-12-10-19-14(15-12)11-5-3-2-4-6-11/h2-6,10H,7-9H2,1H3,(H,17,18). The van der Waals surface area contributed by atoms with Gasteiger partial charge in [0, 0.05) is 24.0 Å². The van der Waals surface area contributed by atoms with E-state index in [1.807, 2.05) is 47.7 Å². The van der Waals surface area contributed by atoms with Crippen molar-refractivity contribution in [1.82, 2.24) is 9.88 Å². The number of hydrogen-bond acceptors (Lipinski definition) is 4. The van der Waals surface area contributed by atoms with Gasteiger partial charge in [0.15, 0.2) is 0 Å². The van der Waals surface area contributed by atoms with Crippen LogP contribution in [-0.2, 0) is 11.3 Å². The Balaban J connectivity index is 1.96. The minimum absolute atomic E-state index is 0.159. The topological polar surface area (TPSA) is 53.4 Å². The van der Waals surface area contributed by atoms with Crippen molar-refractivity contribution in [2.45, 2.75) is 13.0 Å². The number of nitrogens with zero attached hydrogens (tertiary/aromatic N) is 2. The lowest BCUT2D eigenvalue weighted by atomic mass is 10.2. The summed E-state index contributed by atoms with van der Waals surface area (Å²) >= 11 is 1.61. The van der Waals surface area contributed by atoms with E-state index in [1.165, 1.54) is 0 Å². The van der Waals surface area contributed by atoms with E-state index in [0.717, 1.165) is 16.3 Å². The van der Waals surface area contributed by atoms with Crippen LogP contribution in [-0.4, -0.2) is 34.6 Å². The molecule has 19 heavy (non-hydrogen) atoms. The molecule has 0 aliphatic carbocycles. The summed E-state index contributed by atoms with van der Waals surface area (Å²) < 4.78 is 0. The Morgan fingerprint density at radius 1 is 1.37 bits per heavy atom. The van der Waals surface area contributed by atoms with E-state index >= 15 is 0 Å². The van der Waals surface area contributed by atoms with Gasteiger partial charge in [-0.25, -0.2) is 4.98 Å². The molecule has 0 fully saturated rings.